The second-order valence-electron chi connectivity index (χ2n) is 0.355. The lowest BCUT2D eigenvalue weighted by atomic mass is 11.3. The minimum absolute atomic E-state index is 0.250. The third kappa shape index (κ3) is 56.3. The zero-order chi connectivity index (χ0) is 8.28. The first-order valence-electron chi connectivity index (χ1n) is 1.61. The Kier molecular flexibility index (Phi) is 55.0. The molecule has 0 unspecified atom stereocenters. The summed E-state index contributed by atoms with van der Waals surface area (Å²) in [5.41, 5.74) is 0. The molecule has 0 bridgehead atoms. The molecule has 1 N–H and O–H groups in total. The summed E-state index contributed by atoms with van der Waals surface area (Å²) in [6.07, 6.45) is -2.33. The van der Waals surface area contributed by atoms with Gasteiger partial charge in [-0.1, -0.05) is 0 Å². The molecule has 0 amide bonds. The highest BCUT2D eigenvalue weighted by atomic mass is 16.6. The fraction of sp³-hybridized carbons (Fsp3) is 0. The molecule has 54 valence electrons. The summed E-state index contributed by atoms with van der Waals surface area (Å²) >= 11 is 0. The molecule has 0 radical (unpaired) electrons. The number of carbonyl (C=O) groups is 2. The summed E-state index contributed by atoms with van der Waals surface area (Å²) in [7, 11) is 0. The van der Waals surface area contributed by atoms with Crippen molar-refractivity contribution in [2.24, 2.45) is 0 Å². The molecule has 0 aromatic heterocycles. The lowest BCUT2D eigenvalue weighted by Crippen LogP contribution is -2.37. The van der Waals surface area contributed by atoms with E-state index < -0.39 is 6.16 Å². The van der Waals surface area contributed by atoms with Crippen LogP contribution in [-0.2, 0) is 4.79 Å². The van der Waals surface area contributed by atoms with Gasteiger partial charge in [-0.25, -0.2) is 0 Å². The fourth-order valence-corrected chi connectivity index (χ4v) is 0. The van der Waals surface area contributed by atoms with Crippen LogP contribution in [0.5, 0.6) is 0 Å². The number of hydrogen-bond donors (Lipinski definition) is 1. The van der Waals surface area contributed by atoms with Crippen LogP contribution in [0.15, 0.2) is 13.2 Å². The van der Waals surface area contributed by atoms with Crippen molar-refractivity contribution in [3.63, 3.8) is 0 Å². The van der Waals surface area contributed by atoms with Crippen LogP contribution < -0.4 is 10.2 Å². The highest BCUT2D eigenvalue weighted by molar-refractivity contribution is 5.47. The van der Waals surface area contributed by atoms with Crippen LogP contribution in [0.4, 0.5) is 4.79 Å². The minimum atomic E-state index is -2.33. The Balaban J connectivity index is -0.0000000646. The maximum absolute atomic E-state index is 8.36. The summed E-state index contributed by atoms with van der Waals surface area (Å²) in [5, 5.41) is 23.6. The van der Waals surface area contributed by atoms with Crippen LogP contribution in [0.3, 0.4) is 0 Å². The molecule has 9 heavy (non-hydrogen) atoms. The van der Waals surface area contributed by atoms with Gasteiger partial charge in [0, 0.05) is 0 Å². The van der Waals surface area contributed by atoms with Gasteiger partial charge < -0.3 is 20.1 Å². The molecule has 5 heteroatoms. The predicted octanol–water partition coefficient (Wildman–Crippen LogP) is -1.94. The van der Waals surface area contributed by atoms with E-state index in [1.807, 2.05) is 0 Å². The van der Waals surface area contributed by atoms with Gasteiger partial charge in [0.05, 0.1) is 0 Å². The van der Waals surface area contributed by atoms with Crippen LogP contribution in [0, 0.1) is 0 Å². The van der Waals surface area contributed by atoms with Gasteiger partial charge in [0.15, 0.2) is 0 Å². The molecule has 0 rings (SSSR count). The third-order valence-corrected chi connectivity index (χ3v) is 0. The molecule has 0 aliphatic carbocycles. The van der Waals surface area contributed by atoms with Gasteiger partial charge in [-0.15, -0.1) is 13.2 Å². The van der Waals surface area contributed by atoms with Gasteiger partial charge in [0.25, 0.3) is 6.47 Å². The number of hydrogen-bond acceptors (Lipinski definition) is 4. The van der Waals surface area contributed by atoms with Gasteiger partial charge in [-0.05, 0) is 6.16 Å². The monoisotopic (exact) mass is 134 g/mol. The van der Waals surface area contributed by atoms with E-state index in [0.29, 0.717) is 0 Å². The molecule has 0 heterocycles. The van der Waals surface area contributed by atoms with Crippen molar-refractivity contribution >= 4 is 12.6 Å². The third-order valence-electron chi connectivity index (χ3n) is 0. The van der Waals surface area contributed by atoms with E-state index in [1.54, 1.807) is 0 Å². The van der Waals surface area contributed by atoms with E-state index in [4.69, 9.17) is 24.9 Å². The molecule has 0 fully saturated rings. The molecule has 0 saturated heterocycles. The molecule has 0 aliphatic rings. The molecule has 5 nitrogen and oxygen atoms in total. The second-order valence-corrected chi connectivity index (χ2v) is 0.355. The molecular weight excluding hydrogens is 128 g/mol. The van der Waals surface area contributed by atoms with E-state index in [1.165, 1.54) is 0 Å². The van der Waals surface area contributed by atoms with E-state index in [2.05, 4.69) is 13.2 Å². The predicted molar refractivity (Wildman–Crippen MR) is 25.3 cm³/mol. The van der Waals surface area contributed by atoms with Crippen molar-refractivity contribution in [2.75, 3.05) is 0 Å². The molecule has 0 spiro atoms. The average molecular weight is 134 g/mol. The zero-order valence-corrected chi connectivity index (χ0v) is 4.57. The van der Waals surface area contributed by atoms with Crippen LogP contribution in [0.25, 0.3) is 0 Å². The van der Waals surface area contributed by atoms with Crippen LogP contribution in [0.2, 0.25) is 0 Å². The summed E-state index contributed by atoms with van der Waals surface area (Å²) in [6.45, 7) is 5.75. The number of carboxylic acid groups (broad SMARTS) is 3. The largest absolute Gasteiger partial charge is 0.652 e. The Morgan fingerprint density at radius 3 is 1.44 bits per heavy atom. The molecular formula is C4H6O5-2. The minimum Gasteiger partial charge on any atom is -0.652 e. The van der Waals surface area contributed by atoms with Crippen LogP contribution in [-0.4, -0.2) is 17.7 Å². The number of carbonyl (C=O) groups excluding carboxylic acids is 1. The van der Waals surface area contributed by atoms with Gasteiger partial charge in [0.2, 0.25) is 0 Å². The van der Waals surface area contributed by atoms with Crippen molar-refractivity contribution in [3.05, 3.63) is 13.2 Å². The number of rotatable bonds is 0. The van der Waals surface area contributed by atoms with Gasteiger partial charge in [-0.2, -0.15) is 0 Å². The Morgan fingerprint density at radius 1 is 1.44 bits per heavy atom. The van der Waals surface area contributed by atoms with Crippen molar-refractivity contribution < 1.29 is 24.9 Å². The summed E-state index contributed by atoms with van der Waals surface area (Å²) in [5.74, 6) is 0. The second kappa shape index (κ2) is 31.6. The Labute approximate surface area is 51.9 Å². The summed E-state index contributed by atoms with van der Waals surface area (Å²) < 4.78 is 0. The first kappa shape index (κ1) is 15.6. The quantitative estimate of drug-likeness (QED) is 0.306. The van der Waals surface area contributed by atoms with Crippen molar-refractivity contribution in [3.8, 4) is 0 Å². The van der Waals surface area contributed by atoms with E-state index in [9.17, 15) is 0 Å². The van der Waals surface area contributed by atoms with Gasteiger partial charge in [0.1, 0.15) is 0 Å². The lowest BCUT2D eigenvalue weighted by Gasteiger charge is -1.96. The fourth-order valence-electron chi connectivity index (χ4n) is 0. The zero-order valence-electron chi connectivity index (χ0n) is 4.57. The van der Waals surface area contributed by atoms with Crippen LogP contribution >= 0.6 is 0 Å². The maximum atomic E-state index is 8.36. The van der Waals surface area contributed by atoms with Crippen molar-refractivity contribution in [2.45, 2.75) is 0 Å². The first-order chi connectivity index (χ1) is 4.15. The molecule has 0 atom stereocenters. The topological polar surface area (TPSA) is 100 Å². The first-order valence-corrected chi connectivity index (χ1v) is 1.61. The van der Waals surface area contributed by atoms with E-state index in [-0.39, 0.29) is 6.47 Å². The highest BCUT2D eigenvalue weighted by Gasteiger charge is 1.26. The average Bonchev–Trinajstić information content (AvgIpc) is 1.71. The Hall–Kier alpha value is -1.52. The van der Waals surface area contributed by atoms with Gasteiger partial charge in [-0.3, -0.25) is 4.79 Å². The van der Waals surface area contributed by atoms with Crippen molar-refractivity contribution in [1.29, 1.82) is 0 Å². The molecule has 0 aliphatic heterocycles. The summed E-state index contributed by atoms with van der Waals surface area (Å²) in [4.78, 5) is 16.7. The van der Waals surface area contributed by atoms with Crippen LogP contribution in [0.1, 0.15) is 0 Å². The molecule has 0 saturated carbocycles. The smallest absolute Gasteiger partial charge is 0.290 e. The standard InChI is InChI=1S/C2H4.CH2O3.CH2O2/c1-2;2-1(3)4;2-1-3/h1-2H2;(H2,2,3,4);1H,(H,2,3)/p-2. The van der Waals surface area contributed by atoms with E-state index in [0.717, 1.165) is 0 Å². The normalized spacial score (nSPS) is 4.44. The highest BCUT2D eigenvalue weighted by Crippen LogP contribution is 1.21. The van der Waals surface area contributed by atoms with E-state index >= 15 is 0 Å². The lowest BCUT2D eigenvalue weighted by molar-refractivity contribution is -0.415. The SMILES string of the molecule is C=C.O=C([O-])[O-].O=CO. The van der Waals surface area contributed by atoms with Crippen molar-refractivity contribution in [1.82, 2.24) is 0 Å². The summed E-state index contributed by atoms with van der Waals surface area (Å²) in [6, 6.07) is 0. The Bertz CT molecular complexity index is 65.4. The molecule has 0 aromatic rings. The van der Waals surface area contributed by atoms with Gasteiger partial charge >= 0.3 is 0 Å². The maximum Gasteiger partial charge on any atom is 0.290 e. The molecule has 0 aromatic carbocycles. The Morgan fingerprint density at radius 2 is 1.44 bits per heavy atom.